The number of hydrogen-bond donors (Lipinski definition) is 0. The Kier molecular flexibility index (Phi) is 3.42. The van der Waals surface area contributed by atoms with Crippen molar-refractivity contribution in [1.82, 2.24) is 4.57 Å². The first-order chi connectivity index (χ1) is 11.5. The summed E-state index contributed by atoms with van der Waals surface area (Å²) in [6.45, 7) is 4.19. The third-order valence-electron chi connectivity index (χ3n) is 4.11. The molecule has 1 aliphatic rings. The van der Waals surface area contributed by atoms with E-state index < -0.39 is 0 Å². The molecule has 1 amide bonds. The van der Waals surface area contributed by atoms with Crippen molar-refractivity contribution in [2.75, 3.05) is 6.79 Å². The van der Waals surface area contributed by atoms with E-state index in [0.717, 1.165) is 32.8 Å². The average Bonchev–Trinajstić information content (AvgIpc) is 3.10. The normalized spacial score (nSPS) is 13.7. The Morgan fingerprint density at radius 3 is 2.67 bits per heavy atom. The van der Waals surface area contributed by atoms with E-state index in [2.05, 4.69) is 4.99 Å². The van der Waals surface area contributed by atoms with Crippen LogP contribution in [0, 0.1) is 13.8 Å². The molecule has 5 nitrogen and oxygen atoms in total. The van der Waals surface area contributed by atoms with Gasteiger partial charge < -0.3 is 14.0 Å². The summed E-state index contributed by atoms with van der Waals surface area (Å²) in [7, 11) is 1.90. The predicted octanol–water partition coefficient (Wildman–Crippen LogP) is 3.33. The van der Waals surface area contributed by atoms with Gasteiger partial charge in [0, 0.05) is 24.7 Å². The molecule has 4 rings (SSSR count). The van der Waals surface area contributed by atoms with Gasteiger partial charge in [-0.05, 0) is 25.5 Å². The number of aryl methyl sites for hydroxylation is 3. The van der Waals surface area contributed by atoms with Crippen LogP contribution in [0.25, 0.3) is 10.2 Å². The standard InChI is InChI=1S/C18H16N2O3S/c1-10-4-5-12(11(2)6-10)17(21)19-18-20(3)13-7-14-15(23-9-22-14)8-16(13)24-18/h4-8H,9H2,1-3H3. The summed E-state index contributed by atoms with van der Waals surface area (Å²) in [4.78, 5) is 17.5. The highest BCUT2D eigenvalue weighted by Gasteiger charge is 2.17. The van der Waals surface area contributed by atoms with E-state index in [0.29, 0.717) is 10.4 Å². The molecule has 2 heterocycles. The highest BCUT2D eigenvalue weighted by atomic mass is 32.1. The number of amides is 1. The summed E-state index contributed by atoms with van der Waals surface area (Å²) in [6.07, 6.45) is 0. The zero-order valence-corrected chi connectivity index (χ0v) is 14.4. The molecule has 0 saturated heterocycles. The first-order valence-electron chi connectivity index (χ1n) is 7.58. The number of aromatic nitrogens is 1. The monoisotopic (exact) mass is 340 g/mol. The summed E-state index contributed by atoms with van der Waals surface area (Å²) in [6, 6.07) is 9.62. The number of ether oxygens (including phenoxy) is 2. The van der Waals surface area contributed by atoms with Crippen LogP contribution in [0.15, 0.2) is 35.3 Å². The summed E-state index contributed by atoms with van der Waals surface area (Å²) < 4.78 is 13.7. The zero-order valence-electron chi connectivity index (χ0n) is 13.6. The van der Waals surface area contributed by atoms with Crippen molar-refractivity contribution in [3.8, 4) is 11.5 Å². The minimum atomic E-state index is -0.227. The van der Waals surface area contributed by atoms with Crippen LogP contribution in [0.2, 0.25) is 0 Å². The molecule has 0 radical (unpaired) electrons. The predicted molar refractivity (Wildman–Crippen MR) is 92.7 cm³/mol. The van der Waals surface area contributed by atoms with E-state index >= 15 is 0 Å². The van der Waals surface area contributed by atoms with Gasteiger partial charge in [-0.2, -0.15) is 4.99 Å². The van der Waals surface area contributed by atoms with Gasteiger partial charge in [-0.15, -0.1) is 0 Å². The van der Waals surface area contributed by atoms with Crippen LogP contribution in [-0.2, 0) is 7.05 Å². The number of carbonyl (C=O) groups excluding carboxylic acids is 1. The Morgan fingerprint density at radius 2 is 1.92 bits per heavy atom. The van der Waals surface area contributed by atoms with Crippen LogP contribution in [0.3, 0.4) is 0 Å². The highest BCUT2D eigenvalue weighted by Crippen LogP contribution is 2.36. The lowest BCUT2D eigenvalue weighted by Gasteiger charge is -2.02. The number of rotatable bonds is 1. The van der Waals surface area contributed by atoms with Crippen LogP contribution in [0.5, 0.6) is 11.5 Å². The number of carbonyl (C=O) groups is 1. The topological polar surface area (TPSA) is 52.8 Å². The molecule has 1 aromatic heterocycles. The summed E-state index contributed by atoms with van der Waals surface area (Å²) >= 11 is 1.46. The molecular weight excluding hydrogens is 324 g/mol. The van der Waals surface area contributed by atoms with Gasteiger partial charge in [-0.1, -0.05) is 29.0 Å². The third kappa shape index (κ3) is 2.39. The summed E-state index contributed by atoms with van der Waals surface area (Å²) in [5, 5.41) is 0. The van der Waals surface area contributed by atoms with Crippen LogP contribution >= 0.6 is 11.3 Å². The van der Waals surface area contributed by atoms with Crippen molar-refractivity contribution in [2.45, 2.75) is 13.8 Å². The molecular formula is C18H16N2O3S. The summed E-state index contributed by atoms with van der Waals surface area (Å²) in [5.74, 6) is 1.23. The van der Waals surface area contributed by atoms with Crippen molar-refractivity contribution in [2.24, 2.45) is 12.0 Å². The number of hydrogen-bond acceptors (Lipinski definition) is 4. The molecule has 1 aliphatic heterocycles. The van der Waals surface area contributed by atoms with Gasteiger partial charge in [0.05, 0.1) is 10.2 Å². The van der Waals surface area contributed by atoms with Crippen molar-refractivity contribution in [1.29, 1.82) is 0 Å². The molecule has 6 heteroatoms. The maximum absolute atomic E-state index is 12.6. The van der Waals surface area contributed by atoms with E-state index in [1.165, 1.54) is 11.3 Å². The van der Waals surface area contributed by atoms with Gasteiger partial charge in [0.25, 0.3) is 5.91 Å². The maximum Gasteiger partial charge on any atom is 0.279 e. The van der Waals surface area contributed by atoms with Crippen LogP contribution < -0.4 is 14.3 Å². The molecule has 0 saturated carbocycles. The zero-order chi connectivity index (χ0) is 16.8. The molecule has 0 bridgehead atoms. The quantitative estimate of drug-likeness (QED) is 0.683. The minimum absolute atomic E-state index is 0.227. The van der Waals surface area contributed by atoms with Crippen LogP contribution in [-0.4, -0.2) is 17.3 Å². The number of fused-ring (bicyclic) bond motifs is 2. The third-order valence-corrected chi connectivity index (χ3v) is 5.21. The second-order valence-electron chi connectivity index (χ2n) is 5.85. The fourth-order valence-corrected chi connectivity index (χ4v) is 3.85. The molecule has 24 heavy (non-hydrogen) atoms. The van der Waals surface area contributed by atoms with Gasteiger partial charge in [0.2, 0.25) is 6.79 Å². The SMILES string of the molecule is Cc1ccc(C(=O)N=c2sc3cc4c(cc3n2C)OCO4)c(C)c1. The lowest BCUT2D eigenvalue weighted by molar-refractivity contribution is 0.0997. The van der Waals surface area contributed by atoms with Gasteiger partial charge in [-0.25, -0.2) is 0 Å². The first-order valence-corrected chi connectivity index (χ1v) is 8.40. The lowest BCUT2D eigenvalue weighted by atomic mass is 10.1. The summed E-state index contributed by atoms with van der Waals surface area (Å²) in [5.41, 5.74) is 3.67. The van der Waals surface area contributed by atoms with Crippen molar-refractivity contribution in [3.05, 3.63) is 51.8 Å². The Hall–Kier alpha value is -2.60. The molecule has 0 N–H and O–H groups in total. The van der Waals surface area contributed by atoms with Crippen molar-refractivity contribution in [3.63, 3.8) is 0 Å². The van der Waals surface area contributed by atoms with Gasteiger partial charge in [0.15, 0.2) is 16.3 Å². The molecule has 122 valence electrons. The fourth-order valence-electron chi connectivity index (χ4n) is 2.82. The maximum atomic E-state index is 12.6. The van der Waals surface area contributed by atoms with Crippen LogP contribution in [0.1, 0.15) is 21.5 Å². The number of thiazole rings is 1. The van der Waals surface area contributed by atoms with E-state index in [4.69, 9.17) is 9.47 Å². The Morgan fingerprint density at radius 1 is 1.17 bits per heavy atom. The molecule has 0 aliphatic carbocycles. The minimum Gasteiger partial charge on any atom is -0.454 e. The second kappa shape index (κ2) is 5.49. The molecule has 0 atom stereocenters. The Labute approximate surface area is 142 Å². The fraction of sp³-hybridized carbons (Fsp3) is 0.222. The first kappa shape index (κ1) is 15.0. The van der Waals surface area contributed by atoms with Crippen molar-refractivity contribution < 1.29 is 14.3 Å². The highest BCUT2D eigenvalue weighted by molar-refractivity contribution is 7.16. The second-order valence-corrected chi connectivity index (χ2v) is 6.86. The van der Waals surface area contributed by atoms with Gasteiger partial charge in [-0.3, -0.25) is 4.79 Å². The number of nitrogens with zero attached hydrogens (tertiary/aromatic N) is 2. The van der Waals surface area contributed by atoms with Gasteiger partial charge >= 0.3 is 0 Å². The molecule has 0 fully saturated rings. The lowest BCUT2D eigenvalue weighted by Crippen LogP contribution is -2.13. The molecule has 0 unspecified atom stereocenters. The Bertz CT molecular complexity index is 1050. The Balaban J connectivity index is 1.82. The van der Waals surface area contributed by atoms with Gasteiger partial charge in [0.1, 0.15) is 0 Å². The average molecular weight is 340 g/mol. The van der Waals surface area contributed by atoms with E-state index in [1.807, 2.05) is 55.8 Å². The number of benzene rings is 2. The van der Waals surface area contributed by atoms with E-state index in [-0.39, 0.29) is 12.7 Å². The smallest absolute Gasteiger partial charge is 0.279 e. The van der Waals surface area contributed by atoms with Crippen molar-refractivity contribution >= 4 is 27.5 Å². The van der Waals surface area contributed by atoms with E-state index in [9.17, 15) is 4.79 Å². The van der Waals surface area contributed by atoms with Crippen LogP contribution in [0.4, 0.5) is 0 Å². The molecule has 3 aromatic rings. The largest absolute Gasteiger partial charge is 0.454 e. The molecule has 0 spiro atoms. The molecule has 2 aromatic carbocycles. The van der Waals surface area contributed by atoms with E-state index in [1.54, 1.807) is 0 Å².